The second-order valence-electron chi connectivity index (χ2n) is 8.01. The Morgan fingerprint density at radius 2 is 1.35 bits per heavy atom. The van der Waals surface area contributed by atoms with Crippen molar-refractivity contribution in [3.05, 3.63) is 12.2 Å². The van der Waals surface area contributed by atoms with Crippen molar-refractivity contribution in [2.75, 3.05) is 13.1 Å². The fraction of sp³-hybridized carbons (Fsp3) is 0.870. The van der Waals surface area contributed by atoms with E-state index in [1.54, 1.807) is 0 Å². The summed E-state index contributed by atoms with van der Waals surface area (Å²) in [6, 6.07) is 0. The molecular formula is C23H46N2O. The molecule has 26 heavy (non-hydrogen) atoms. The van der Waals surface area contributed by atoms with Gasteiger partial charge in [0.2, 0.25) is 5.91 Å². The van der Waals surface area contributed by atoms with Gasteiger partial charge in [-0.2, -0.15) is 0 Å². The minimum Gasteiger partial charge on any atom is -0.356 e. The maximum atomic E-state index is 11.5. The standard InChI is InChI=1S/C23H46N2O/c1-22(2)18-15-13-11-9-7-5-3-4-6-8-10-12-14-16-19-23(26)25-21-17-20-24/h3-4,22H,5-21,24H2,1-2H3,(H,25,26)/b4-3-. The van der Waals surface area contributed by atoms with E-state index in [9.17, 15) is 4.79 Å². The zero-order chi connectivity index (χ0) is 19.3. The molecule has 3 heteroatoms. The first-order valence-electron chi connectivity index (χ1n) is 11.3. The van der Waals surface area contributed by atoms with Crippen molar-refractivity contribution in [2.45, 2.75) is 110 Å². The fourth-order valence-corrected chi connectivity index (χ4v) is 3.08. The molecule has 0 aromatic carbocycles. The van der Waals surface area contributed by atoms with Crippen LogP contribution in [0.25, 0.3) is 0 Å². The van der Waals surface area contributed by atoms with Gasteiger partial charge in [0.25, 0.3) is 0 Å². The van der Waals surface area contributed by atoms with Gasteiger partial charge >= 0.3 is 0 Å². The van der Waals surface area contributed by atoms with Crippen LogP contribution in [0.3, 0.4) is 0 Å². The van der Waals surface area contributed by atoms with Gasteiger partial charge in [-0.1, -0.05) is 77.4 Å². The maximum Gasteiger partial charge on any atom is 0.219 e. The summed E-state index contributed by atoms with van der Waals surface area (Å²) in [5, 5.41) is 2.91. The highest BCUT2D eigenvalue weighted by molar-refractivity contribution is 5.75. The molecule has 0 spiro atoms. The second kappa shape index (κ2) is 20.5. The maximum absolute atomic E-state index is 11.5. The number of carbonyl (C=O) groups is 1. The van der Waals surface area contributed by atoms with Crippen LogP contribution in [0.4, 0.5) is 0 Å². The van der Waals surface area contributed by atoms with E-state index in [4.69, 9.17) is 5.73 Å². The lowest BCUT2D eigenvalue weighted by Crippen LogP contribution is -2.25. The van der Waals surface area contributed by atoms with E-state index >= 15 is 0 Å². The molecule has 3 nitrogen and oxygen atoms in total. The summed E-state index contributed by atoms with van der Waals surface area (Å²) in [7, 11) is 0. The molecule has 0 saturated heterocycles. The molecule has 0 rings (SSSR count). The van der Waals surface area contributed by atoms with E-state index in [1.165, 1.54) is 77.0 Å². The summed E-state index contributed by atoms with van der Waals surface area (Å²) in [6.45, 7) is 6.00. The Bertz CT molecular complexity index is 326. The number of nitrogens with one attached hydrogen (secondary N) is 1. The quantitative estimate of drug-likeness (QED) is 0.213. The van der Waals surface area contributed by atoms with E-state index in [0.717, 1.165) is 25.3 Å². The van der Waals surface area contributed by atoms with Gasteiger partial charge in [-0.25, -0.2) is 0 Å². The lowest BCUT2D eigenvalue weighted by atomic mass is 10.0. The van der Waals surface area contributed by atoms with Crippen molar-refractivity contribution >= 4 is 5.91 Å². The summed E-state index contributed by atoms with van der Waals surface area (Å²) < 4.78 is 0. The summed E-state index contributed by atoms with van der Waals surface area (Å²) >= 11 is 0. The molecule has 0 aliphatic carbocycles. The summed E-state index contributed by atoms with van der Waals surface area (Å²) in [6.07, 6.45) is 23.1. The van der Waals surface area contributed by atoms with Crippen LogP contribution in [-0.4, -0.2) is 19.0 Å². The van der Waals surface area contributed by atoms with Gasteiger partial charge in [0.15, 0.2) is 0 Å². The third-order valence-corrected chi connectivity index (χ3v) is 4.80. The van der Waals surface area contributed by atoms with Crippen molar-refractivity contribution < 1.29 is 4.79 Å². The lowest BCUT2D eigenvalue weighted by molar-refractivity contribution is -0.121. The normalized spacial score (nSPS) is 11.5. The predicted molar refractivity (Wildman–Crippen MR) is 115 cm³/mol. The molecule has 0 heterocycles. The van der Waals surface area contributed by atoms with Crippen LogP contribution in [0.1, 0.15) is 110 Å². The molecular weight excluding hydrogens is 320 g/mol. The summed E-state index contributed by atoms with van der Waals surface area (Å²) in [5.74, 6) is 1.05. The molecule has 0 bridgehead atoms. The Morgan fingerprint density at radius 1 is 0.808 bits per heavy atom. The van der Waals surface area contributed by atoms with Gasteiger partial charge in [-0.05, 0) is 51.0 Å². The van der Waals surface area contributed by atoms with E-state index in [0.29, 0.717) is 13.0 Å². The van der Waals surface area contributed by atoms with Crippen LogP contribution in [0.15, 0.2) is 12.2 Å². The van der Waals surface area contributed by atoms with E-state index in [1.807, 2.05) is 0 Å². The fourth-order valence-electron chi connectivity index (χ4n) is 3.08. The lowest BCUT2D eigenvalue weighted by Gasteiger charge is -2.04. The summed E-state index contributed by atoms with van der Waals surface area (Å²) in [4.78, 5) is 11.5. The third-order valence-electron chi connectivity index (χ3n) is 4.80. The number of rotatable bonds is 19. The van der Waals surface area contributed by atoms with E-state index < -0.39 is 0 Å². The van der Waals surface area contributed by atoms with Crippen molar-refractivity contribution in [1.29, 1.82) is 0 Å². The van der Waals surface area contributed by atoms with Crippen molar-refractivity contribution in [2.24, 2.45) is 11.7 Å². The molecule has 0 aliphatic rings. The molecule has 0 saturated carbocycles. The Hall–Kier alpha value is -0.830. The average molecular weight is 367 g/mol. The van der Waals surface area contributed by atoms with E-state index in [2.05, 4.69) is 31.3 Å². The molecule has 1 amide bonds. The number of carbonyl (C=O) groups excluding carboxylic acids is 1. The smallest absolute Gasteiger partial charge is 0.219 e. The first-order chi connectivity index (χ1) is 12.7. The predicted octanol–water partition coefficient (Wildman–Crippen LogP) is 6.13. The van der Waals surface area contributed by atoms with Crippen molar-refractivity contribution in [3.8, 4) is 0 Å². The molecule has 0 radical (unpaired) electrons. The zero-order valence-electron chi connectivity index (χ0n) is 17.7. The van der Waals surface area contributed by atoms with Gasteiger partial charge in [0.1, 0.15) is 0 Å². The molecule has 0 fully saturated rings. The van der Waals surface area contributed by atoms with Crippen LogP contribution in [0, 0.1) is 5.92 Å². The topological polar surface area (TPSA) is 55.1 Å². The highest BCUT2D eigenvalue weighted by atomic mass is 16.1. The minimum absolute atomic E-state index is 0.182. The Kier molecular flexibility index (Phi) is 19.8. The van der Waals surface area contributed by atoms with Crippen molar-refractivity contribution in [1.82, 2.24) is 5.32 Å². The first kappa shape index (κ1) is 25.2. The van der Waals surface area contributed by atoms with Crippen LogP contribution >= 0.6 is 0 Å². The molecule has 0 aromatic rings. The van der Waals surface area contributed by atoms with Gasteiger partial charge < -0.3 is 11.1 Å². The third kappa shape index (κ3) is 21.2. The molecule has 0 unspecified atom stereocenters. The number of hydrogen-bond donors (Lipinski definition) is 2. The molecule has 0 atom stereocenters. The highest BCUT2D eigenvalue weighted by Crippen LogP contribution is 2.12. The minimum atomic E-state index is 0.182. The number of unbranched alkanes of at least 4 members (excludes halogenated alkanes) is 10. The SMILES string of the molecule is CC(C)CCCCCCC/C=C\CCCCCCCC(=O)NCCCN. The van der Waals surface area contributed by atoms with Crippen LogP contribution in [-0.2, 0) is 4.79 Å². The summed E-state index contributed by atoms with van der Waals surface area (Å²) in [5.41, 5.74) is 5.40. The number of allylic oxidation sites excluding steroid dienone is 2. The zero-order valence-corrected chi connectivity index (χ0v) is 17.7. The molecule has 154 valence electrons. The van der Waals surface area contributed by atoms with Crippen LogP contribution in [0.5, 0.6) is 0 Å². The monoisotopic (exact) mass is 366 g/mol. The Labute approximate surface area is 163 Å². The number of hydrogen-bond acceptors (Lipinski definition) is 2. The molecule has 0 aromatic heterocycles. The van der Waals surface area contributed by atoms with Crippen LogP contribution < -0.4 is 11.1 Å². The van der Waals surface area contributed by atoms with Gasteiger partial charge in [0.05, 0.1) is 0 Å². The Morgan fingerprint density at radius 3 is 1.92 bits per heavy atom. The average Bonchev–Trinajstić information content (AvgIpc) is 2.61. The van der Waals surface area contributed by atoms with E-state index in [-0.39, 0.29) is 5.91 Å². The van der Waals surface area contributed by atoms with Crippen molar-refractivity contribution in [3.63, 3.8) is 0 Å². The molecule has 0 aliphatic heterocycles. The molecule has 3 N–H and O–H groups in total. The second-order valence-corrected chi connectivity index (χ2v) is 8.01. The number of nitrogens with two attached hydrogens (primary N) is 1. The van der Waals surface area contributed by atoms with Gasteiger partial charge in [-0.15, -0.1) is 0 Å². The van der Waals surface area contributed by atoms with Crippen LogP contribution in [0.2, 0.25) is 0 Å². The Balaban J connectivity index is 3.18. The van der Waals surface area contributed by atoms with Gasteiger partial charge in [-0.3, -0.25) is 4.79 Å². The highest BCUT2D eigenvalue weighted by Gasteiger charge is 1.99. The first-order valence-corrected chi connectivity index (χ1v) is 11.3. The largest absolute Gasteiger partial charge is 0.356 e. The van der Waals surface area contributed by atoms with Gasteiger partial charge in [0, 0.05) is 13.0 Å². The number of amides is 1.